The highest BCUT2D eigenvalue weighted by Gasteiger charge is 2.08. The van der Waals surface area contributed by atoms with Gasteiger partial charge in [-0.1, -0.05) is 48.5 Å². The zero-order chi connectivity index (χ0) is 38.2. The molecule has 53 heavy (non-hydrogen) atoms. The summed E-state index contributed by atoms with van der Waals surface area (Å²) in [4.78, 5) is 23.3. The molecule has 11 heteroatoms. The van der Waals surface area contributed by atoms with Gasteiger partial charge in [0.15, 0.2) is 17.7 Å². The fourth-order valence-corrected chi connectivity index (χ4v) is 7.00. The number of anilines is 2. The van der Waals surface area contributed by atoms with Gasteiger partial charge in [-0.05, 0) is 76.5 Å². The van der Waals surface area contributed by atoms with E-state index in [0.29, 0.717) is 36.5 Å². The summed E-state index contributed by atoms with van der Waals surface area (Å²) in [5.41, 5.74) is 5.63. The maximum absolute atomic E-state index is 10.7. The minimum Gasteiger partial charge on any atom is -0.395 e. The van der Waals surface area contributed by atoms with Crippen molar-refractivity contribution in [2.45, 2.75) is 6.42 Å². The number of rotatable bonds is 10. The molecule has 0 atom stereocenters. The first-order chi connectivity index (χ1) is 25.7. The average Bonchev–Trinajstić information content (AvgIpc) is 3.81. The Morgan fingerprint density at radius 3 is 1.79 bits per heavy atom. The number of aliphatic hydroxyl groups excluding tert-OH is 2. The Morgan fingerprint density at radius 2 is 1.32 bits per heavy atom. The van der Waals surface area contributed by atoms with Gasteiger partial charge in [-0.3, -0.25) is 4.79 Å². The van der Waals surface area contributed by atoms with E-state index in [1.54, 1.807) is 59.9 Å². The van der Waals surface area contributed by atoms with Crippen LogP contribution in [0.15, 0.2) is 97.1 Å². The minimum atomic E-state index is 0.117. The minimum absolute atomic E-state index is 0.117. The van der Waals surface area contributed by atoms with Gasteiger partial charge in [-0.2, -0.15) is 10.5 Å². The number of likely N-dealkylation sites (N-methyl/N-ethyl adjacent to an activating group) is 2. The second kappa shape index (κ2) is 19.9. The summed E-state index contributed by atoms with van der Waals surface area (Å²) in [5, 5.41) is 37.4. The largest absolute Gasteiger partial charge is 0.395 e. The van der Waals surface area contributed by atoms with Crippen molar-refractivity contribution in [2.75, 3.05) is 50.2 Å². The Balaban J connectivity index is 0.000000197. The highest BCUT2D eigenvalue weighted by molar-refractivity contribution is 7.20. The molecule has 0 unspecified atom stereocenters. The Bertz CT molecular complexity index is 2350. The number of nitriles is 2. The fraction of sp³-hybridized carbons (Fsp3) is 0.167. The Hall–Kier alpha value is -6.31. The van der Waals surface area contributed by atoms with Crippen LogP contribution >= 0.6 is 22.7 Å². The Labute approximate surface area is 317 Å². The molecule has 9 nitrogen and oxygen atoms in total. The van der Waals surface area contributed by atoms with Crippen LogP contribution in [0.25, 0.3) is 41.6 Å². The lowest BCUT2D eigenvalue weighted by Crippen LogP contribution is -2.20. The smallest absolute Gasteiger partial charge is 0.195 e. The molecule has 0 bridgehead atoms. The molecule has 0 aliphatic rings. The lowest BCUT2D eigenvalue weighted by molar-refractivity contribution is 0.112. The van der Waals surface area contributed by atoms with Crippen molar-refractivity contribution in [3.8, 4) is 12.1 Å². The van der Waals surface area contributed by atoms with E-state index in [0.717, 1.165) is 58.7 Å². The molecular weight excluding hydrogens is 701 g/mol. The molecule has 2 N–H and O–H groups in total. The summed E-state index contributed by atoms with van der Waals surface area (Å²) < 4.78 is 2.24. The van der Waals surface area contributed by atoms with Crippen LogP contribution < -0.4 is 9.80 Å². The van der Waals surface area contributed by atoms with Crippen LogP contribution in [-0.2, 0) is 6.42 Å². The Kier molecular flexibility index (Phi) is 14.8. The number of aldehydes is 1. The van der Waals surface area contributed by atoms with Gasteiger partial charge in [-0.25, -0.2) is 9.69 Å². The van der Waals surface area contributed by atoms with E-state index in [9.17, 15) is 4.79 Å². The topological polar surface area (TPSA) is 120 Å². The van der Waals surface area contributed by atoms with Crippen LogP contribution in [0, 0.1) is 35.8 Å². The molecule has 6 aromatic rings. The van der Waals surface area contributed by atoms with Crippen LogP contribution in [0.1, 0.15) is 31.2 Å². The zero-order valence-corrected chi connectivity index (χ0v) is 30.9. The molecule has 0 aliphatic heterocycles. The van der Waals surface area contributed by atoms with Gasteiger partial charge in [0.25, 0.3) is 0 Å². The summed E-state index contributed by atoms with van der Waals surface area (Å²) in [6.45, 7) is 15.6. The van der Waals surface area contributed by atoms with Gasteiger partial charge in [0.2, 0.25) is 0 Å². The third-order valence-electron chi connectivity index (χ3n) is 7.97. The number of aliphatic hydroxyl groups is 2. The lowest BCUT2D eigenvalue weighted by atomic mass is 10.1. The molecule has 0 amide bonds. The highest BCUT2D eigenvalue weighted by Crippen LogP contribution is 2.32. The molecule has 2 heterocycles. The average molecular weight is 737 g/mol. The van der Waals surface area contributed by atoms with E-state index >= 15 is 0 Å². The van der Waals surface area contributed by atoms with Crippen molar-refractivity contribution in [1.82, 2.24) is 0 Å². The maximum Gasteiger partial charge on any atom is 0.195 e. The molecule has 4 aromatic carbocycles. The molecule has 6 rings (SSSR count). The van der Waals surface area contributed by atoms with Crippen molar-refractivity contribution in [3.63, 3.8) is 0 Å². The number of carbonyl (C=O) groups is 1. The third-order valence-corrected chi connectivity index (χ3v) is 10.0. The van der Waals surface area contributed by atoms with Gasteiger partial charge in [0.1, 0.15) is 0 Å². The first-order valence-corrected chi connectivity index (χ1v) is 18.0. The molecule has 0 fully saturated rings. The maximum atomic E-state index is 10.7. The summed E-state index contributed by atoms with van der Waals surface area (Å²) >= 11 is 3.12. The fourth-order valence-electron chi connectivity index (χ4n) is 5.05. The van der Waals surface area contributed by atoms with E-state index < -0.39 is 0 Å². The SMILES string of the molecule is CN(CCO)c1ccc2cc(C=O)sc2c1.[C-]#[N+]/C(=C\c1cc2ccc(N(C)CCO)cc2s1)c1ccc(C#N)cc1.[C-]#[N+]c1ccc(CC#N)cc1. The molecule has 0 saturated heterocycles. The second-order valence-corrected chi connectivity index (χ2v) is 13.8. The summed E-state index contributed by atoms with van der Waals surface area (Å²) in [6.07, 6.45) is 3.18. The second-order valence-electron chi connectivity index (χ2n) is 11.6. The van der Waals surface area contributed by atoms with Gasteiger partial charge >= 0.3 is 0 Å². The monoisotopic (exact) mass is 736 g/mol. The quantitative estimate of drug-likeness (QED) is 0.106. The van der Waals surface area contributed by atoms with E-state index in [1.807, 2.05) is 66.4 Å². The van der Waals surface area contributed by atoms with E-state index in [-0.39, 0.29) is 13.2 Å². The number of thiophene rings is 2. The molecule has 264 valence electrons. The van der Waals surface area contributed by atoms with E-state index in [1.165, 1.54) is 11.3 Å². The Morgan fingerprint density at radius 1 is 0.774 bits per heavy atom. The molecule has 0 aliphatic carbocycles. The van der Waals surface area contributed by atoms with Crippen LogP contribution in [0.2, 0.25) is 0 Å². The zero-order valence-electron chi connectivity index (χ0n) is 29.2. The van der Waals surface area contributed by atoms with Crippen LogP contribution in [0.4, 0.5) is 17.1 Å². The first-order valence-electron chi connectivity index (χ1n) is 16.3. The lowest BCUT2D eigenvalue weighted by Gasteiger charge is -2.17. The summed E-state index contributed by atoms with van der Waals surface area (Å²) in [6, 6.07) is 34.4. The summed E-state index contributed by atoms with van der Waals surface area (Å²) in [7, 11) is 3.89. The van der Waals surface area contributed by atoms with E-state index in [4.69, 9.17) is 33.9 Å². The number of carbonyl (C=O) groups excluding carboxylic acids is 1. The van der Waals surface area contributed by atoms with Crippen molar-refractivity contribution in [2.24, 2.45) is 0 Å². The van der Waals surface area contributed by atoms with E-state index in [2.05, 4.69) is 34.0 Å². The van der Waals surface area contributed by atoms with Crippen molar-refractivity contribution >= 4 is 78.0 Å². The van der Waals surface area contributed by atoms with Crippen LogP contribution in [0.5, 0.6) is 0 Å². The first kappa shape index (κ1) is 39.5. The highest BCUT2D eigenvalue weighted by atomic mass is 32.1. The standard InChI is InChI=1S/C21H17N3OS.C12H13NO2S.C9H6N2/c1-23-20(16-5-3-15(14-22)4-6-16)13-19-11-17-7-8-18(12-21(17)26-19)24(2)9-10-25;1-13(4-5-14)10-3-2-9-6-11(8-15)16-12(9)7-10;1-11-9-4-2-8(3-5-9)6-7-10/h3-8,11-13,25H,9-10H2,2H3;2-3,6-8,14H,4-5H2,1H3;2-5H,6H2/b20-13-;;. The van der Waals surface area contributed by atoms with Crippen molar-refractivity contribution < 1.29 is 15.0 Å². The predicted octanol–water partition coefficient (Wildman–Crippen LogP) is 9.06. The molecular formula is C42H36N6O3S2. The normalized spacial score (nSPS) is 10.4. The molecule has 0 spiro atoms. The molecule has 0 radical (unpaired) electrons. The van der Waals surface area contributed by atoms with Crippen molar-refractivity contribution in [3.05, 3.63) is 146 Å². The third kappa shape index (κ3) is 11.1. The van der Waals surface area contributed by atoms with Crippen LogP contribution in [0.3, 0.4) is 0 Å². The van der Waals surface area contributed by atoms with Crippen molar-refractivity contribution in [1.29, 1.82) is 10.5 Å². The van der Waals surface area contributed by atoms with Gasteiger partial charge in [0, 0.05) is 52.8 Å². The van der Waals surface area contributed by atoms with Gasteiger partial charge in [-0.15, -0.1) is 22.7 Å². The van der Waals surface area contributed by atoms with Crippen LogP contribution in [-0.4, -0.2) is 56.9 Å². The van der Waals surface area contributed by atoms with Gasteiger partial charge < -0.3 is 20.0 Å². The molecule has 0 saturated carbocycles. The summed E-state index contributed by atoms with van der Waals surface area (Å²) in [5.74, 6) is 0. The number of hydrogen-bond donors (Lipinski definition) is 2. The number of benzene rings is 4. The number of nitrogens with zero attached hydrogens (tertiary/aromatic N) is 6. The predicted molar refractivity (Wildman–Crippen MR) is 217 cm³/mol. The van der Waals surface area contributed by atoms with Gasteiger partial charge in [0.05, 0.1) is 55.4 Å². The number of hydrogen-bond acceptors (Lipinski definition) is 9. The molecule has 2 aromatic heterocycles. The number of fused-ring (bicyclic) bond motifs is 2.